The van der Waals surface area contributed by atoms with Gasteiger partial charge in [-0.25, -0.2) is 4.39 Å². The molecule has 110 valence electrons. The van der Waals surface area contributed by atoms with Crippen LogP contribution in [0.25, 0.3) is 0 Å². The largest absolute Gasteiger partial charge is 0.322 e. The minimum atomic E-state index is -0.686. The second-order valence-corrected chi connectivity index (χ2v) is 5.81. The first-order valence-corrected chi connectivity index (χ1v) is 7.01. The number of halogens is 2. The van der Waals surface area contributed by atoms with Crippen LogP contribution in [0.4, 0.5) is 10.1 Å². The van der Waals surface area contributed by atoms with Gasteiger partial charge in [0.15, 0.2) is 0 Å². The molecule has 0 atom stereocenters. The van der Waals surface area contributed by atoms with Gasteiger partial charge < -0.3 is 10.6 Å². The Morgan fingerprint density at radius 2 is 2.05 bits per heavy atom. The summed E-state index contributed by atoms with van der Waals surface area (Å²) in [6.07, 6.45) is 0. The molecule has 0 aliphatic carbocycles. The SMILES string of the molecule is CC(C)(C(=O)Nc1ccc(Cl)cc1F)N1CCNCC1. The average Bonchev–Trinajstić information content (AvgIpc) is 2.42. The van der Waals surface area contributed by atoms with E-state index in [0.717, 1.165) is 26.2 Å². The van der Waals surface area contributed by atoms with Crippen molar-refractivity contribution < 1.29 is 9.18 Å². The van der Waals surface area contributed by atoms with Crippen LogP contribution in [0.3, 0.4) is 0 Å². The Hall–Kier alpha value is -1.17. The van der Waals surface area contributed by atoms with Gasteiger partial charge in [0.1, 0.15) is 5.82 Å². The van der Waals surface area contributed by atoms with Gasteiger partial charge in [0.05, 0.1) is 11.2 Å². The molecule has 0 bridgehead atoms. The van der Waals surface area contributed by atoms with Gasteiger partial charge in [0.25, 0.3) is 0 Å². The maximum absolute atomic E-state index is 13.7. The Morgan fingerprint density at radius 3 is 2.65 bits per heavy atom. The summed E-state index contributed by atoms with van der Waals surface area (Å²) in [5.74, 6) is -0.748. The summed E-state index contributed by atoms with van der Waals surface area (Å²) in [6.45, 7) is 6.99. The Balaban J connectivity index is 2.09. The van der Waals surface area contributed by atoms with E-state index >= 15 is 0 Å². The van der Waals surface area contributed by atoms with Gasteiger partial charge in [-0.3, -0.25) is 9.69 Å². The number of nitrogens with one attached hydrogen (secondary N) is 2. The second-order valence-electron chi connectivity index (χ2n) is 5.37. The molecule has 4 nitrogen and oxygen atoms in total. The predicted octanol–water partition coefficient (Wildman–Crippen LogP) is 2.10. The molecule has 6 heteroatoms. The lowest BCUT2D eigenvalue weighted by Gasteiger charge is -2.39. The summed E-state index contributed by atoms with van der Waals surface area (Å²) >= 11 is 5.70. The normalized spacial score (nSPS) is 17.0. The summed E-state index contributed by atoms with van der Waals surface area (Å²) in [4.78, 5) is 14.5. The number of carbonyl (C=O) groups excluding carboxylic acids is 1. The number of nitrogens with zero attached hydrogens (tertiary/aromatic N) is 1. The van der Waals surface area contributed by atoms with Crippen LogP contribution in [-0.2, 0) is 4.79 Å². The maximum atomic E-state index is 13.7. The van der Waals surface area contributed by atoms with Crippen molar-refractivity contribution in [1.82, 2.24) is 10.2 Å². The fourth-order valence-electron chi connectivity index (χ4n) is 2.23. The van der Waals surface area contributed by atoms with Gasteiger partial charge in [-0.2, -0.15) is 0 Å². The van der Waals surface area contributed by atoms with E-state index in [-0.39, 0.29) is 11.6 Å². The lowest BCUT2D eigenvalue weighted by Crippen LogP contribution is -2.58. The van der Waals surface area contributed by atoms with Gasteiger partial charge in [0.2, 0.25) is 5.91 Å². The third-order valence-electron chi connectivity index (χ3n) is 3.64. The molecule has 0 radical (unpaired) electrons. The minimum Gasteiger partial charge on any atom is -0.322 e. The Labute approximate surface area is 123 Å². The van der Waals surface area contributed by atoms with Crippen LogP contribution in [0.15, 0.2) is 18.2 Å². The van der Waals surface area contributed by atoms with E-state index in [0.29, 0.717) is 5.02 Å². The molecule has 1 aromatic rings. The molecule has 1 fully saturated rings. The van der Waals surface area contributed by atoms with Crippen LogP contribution in [0.1, 0.15) is 13.8 Å². The molecule has 1 aromatic carbocycles. The highest BCUT2D eigenvalue weighted by Gasteiger charge is 2.35. The van der Waals surface area contributed by atoms with Crippen molar-refractivity contribution in [3.8, 4) is 0 Å². The zero-order chi connectivity index (χ0) is 14.8. The Morgan fingerprint density at radius 1 is 1.40 bits per heavy atom. The van der Waals surface area contributed by atoms with E-state index < -0.39 is 11.4 Å². The zero-order valence-electron chi connectivity index (χ0n) is 11.7. The number of piperazine rings is 1. The number of hydrogen-bond donors (Lipinski definition) is 2. The molecule has 1 aliphatic heterocycles. The molecule has 1 saturated heterocycles. The van der Waals surface area contributed by atoms with Crippen LogP contribution < -0.4 is 10.6 Å². The lowest BCUT2D eigenvalue weighted by atomic mass is 10.0. The first-order valence-electron chi connectivity index (χ1n) is 6.63. The standard InChI is InChI=1S/C14H19ClFN3O/c1-14(2,19-7-5-17-6-8-19)13(20)18-12-4-3-10(15)9-11(12)16/h3-4,9,17H,5-8H2,1-2H3,(H,18,20). The van der Waals surface area contributed by atoms with Crippen molar-refractivity contribution >= 4 is 23.2 Å². The molecule has 1 amide bonds. The summed E-state index contributed by atoms with van der Waals surface area (Å²) in [6, 6.07) is 4.22. The minimum absolute atomic E-state index is 0.155. The molecule has 0 spiro atoms. The van der Waals surface area contributed by atoms with Crippen molar-refractivity contribution in [3.63, 3.8) is 0 Å². The van der Waals surface area contributed by atoms with Crippen LogP contribution in [0, 0.1) is 5.82 Å². The van der Waals surface area contributed by atoms with E-state index in [2.05, 4.69) is 15.5 Å². The van der Waals surface area contributed by atoms with Gasteiger partial charge in [-0.15, -0.1) is 0 Å². The van der Waals surface area contributed by atoms with E-state index in [4.69, 9.17) is 11.6 Å². The van der Waals surface area contributed by atoms with Gasteiger partial charge in [-0.1, -0.05) is 11.6 Å². The second kappa shape index (κ2) is 6.08. The molecule has 2 N–H and O–H groups in total. The van der Waals surface area contributed by atoms with E-state index in [9.17, 15) is 9.18 Å². The zero-order valence-corrected chi connectivity index (χ0v) is 12.4. The highest BCUT2D eigenvalue weighted by molar-refractivity contribution is 6.30. The molecule has 20 heavy (non-hydrogen) atoms. The fraction of sp³-hybridized carbons (Fsp3) is 0.500. The van der Waals surface area contributed by atoms with Crippen LogP contribution in [0.5, 0.6) is 0 Å². The third kappa shape index (κ3) is 3.29. The summed E-state index contributed by atoms with van der Waals surface area (Å²) in [5.41, 5.74) is -0.531. The van der Waals surface area contributed by atoms with Gasteiger partial charge in [0, 0.05) is 31.2 Å². The van der Waals surface area contributed by atoms with Crippen LogP contribution in [-0.4, -0.2) is 42.5 Å². The number of benzene rings is 1. The highest BCUT2D eigenvalue weighted by atomic mass is 35.5. The average molecular weight is 300 g/mol. The smallest absolute Gasteiger partial charge is 0.244 e. The predicted molar refractivity (Wildman–Crippen MR) is 78.6 cm³/mol. The number of carbonyl (C=O) groups is 1. The number of hydrogen-bond acceptors (Lipinski definition) is 3. The van der Waals surface area contributed by atoms with Crippen molar-refractivity contribution in [3.05, 3.63) is 29.0 Å². The lowest BCUT2D eigenvalue weighted by molar-refractivity contribution is -0.126. The topological polar surface area (TPSA) is 44.4 Å². The molecule has 0 unspecified atom stereocenters. The number of rotatable bonds is 3. The molecule has 1 aliphatic rings. The van der Waals surface area contributed by atoms with Crippen molar-refractivity contribution in [2.45, 2.75) is 19.4 Å². The third-order valence-corrected chi connectivity index (χ3v) is 3.88. The molecular formula is C14H19ClFN3O. The quantitative estimate of drug-likeness (QED) is 0.898. The van der Waals surface area contributed by atoms with Crippen molar-refractivity contribution in [1.29, 1.82) is 0 Å². The van der Waals surface area contributed by atoms with Crippen molar-refractivity contribution in [2.24, 2.45) is 0 Å². The first kappa shape index (κ1) is 15.2. The van der Waals surface area contributed by atoms with E-state index in [1.165, 1.54) is 12.1 Å². The van der Waals surface area contributed by atoms with Crippen LogP contribution >= 0.6 is 11.6 Å². The monoisotopic (exact) mass is 299 g/mol. The number of anilines is 1. The highest BCUT2D eigenvalue weighted by Crippen LogP contribution is 2.22. The van der Waals surface area contributed by atoms with E-state index in [1.54, 1.807) is 6.07 Å². The van der Waals surface area contributed by atoms with Crippen LogP contribution in [0.2, 0.25) is 5.02 Å². The first-order chi connectivity index (χ1) is 9.41. The number of amides is 1. The Kier molecular flexibility index (Phi) is 4.62. The Bertz CT molecular complexity index is 501. The summed E-state index contributed by atoms with van der Waals surface area (Å²) in [7, 11) is 0. The molecular weight excluding hydrogens is 281 g/mol. The van der Waals surface area contributed by atoms with Gasteiger partial charge >= 0.3 is 0 Å². The summed E-state index contributed by atoms with van der Waals surface area (Å²) < 4.78 is 13.7. The van der Waals surface area contributed by atoms with Gasteiger partial charge in [-0.05, 0) is 32.0 Å². The summed E-state index contributed by atoms with van der Waals surface area (Å²) in [5, 5.41) is 6.19. The molecule has 0 aromatic heterocycles. The molecule has 2 rings (SSSR count). The van der Waals surface area contributed by atoms with Crippen molar-refractivity contribution in [2.75, 3.05) is 31.5 Å². The van der Waals surface area contributed by atoms with E-state index in [1.807, 2.05) is 13.8 Å². The molecule has 0 saturated carbocycles. The molecule has 1 heterocycles. The fourth-order valence-corrected chi connectivity index (χ4v) is 2.39. The maximum Gasteiger partial charge on any atom is 0.244 e.